The first-order valence-corrected chi connectivity index (χ1v) is 8.77. The second kappa shape index (κ2) is 8.24. The number of rotatable bonds is 5. The summed E-state index contributed by atoms with van der Waals surface area (Å²) in [6.07, 6.45) is 6.01. The Hall–Kier alpha value is -2.22. The molecule has 1 amide bonds. The Morgan fingerprint density at radius 3 is 2.92 bits per heavy atom. The van der Waals surface area contributed by atoms with Crippen molar-refractivity contribution in [3.8, 4) is 5.88 Å². The summed E-state index contributed by atoms with van der Waals surface area (Å²) in [5, 5.41) is 0. The predicted molar refractivity (Wildman–Crippen MR) is 89.9 cm³/mol. The van der Waals surface area contributed by atoms with Crippen molar-refractivity contribution >= 4 is 17.7 Å². The zero-order valence-electron chi connectivity index (χ0n) is 13.3. The Kier molecular flexibility index (Phi) is 5.80. The number of aromatic nitrogens is 2. The van der Waals surface area contributed by atoms with Gasteiger partial charge in [-0.15, -0.1) is 0 Å². The summed E-state index contributed by atoms with van der Waals surface area (Å²) in [5.74, 6) is -2.41. The molecule has 1 aliphatic rings. The van der Waals surface area contributed by atoms with Crippen LogP contribution in [0, 0.1) is 0 Å². The molecule has 0 spiro atoms. The van der Waals surface area contributed by atoms with E-state index in [4.69, 9.17) is 4.74 Å². The molecule has 1 unspecified atom stereocenters. The number of carbonyl (C=O) groups is 1. The van der Waals surface area contributed by atoms with Gasteiger partial charge in [0, 0.05) is 23.8 Å². The van der Waals surface area contributed by atoms with Gasteiger partial charge in [-0.3, -0.25) is 9.78 Å². The van der Waals surface area contributed by atoms with Crippen molar-refractivity contribution in [2.24, 2.45) is 0 Å². The molecule has 132 valence electrons. The van der Waals surface area contributed by atoms with Crippen molar-refractivity contribution in [2.75, 3.05) is 13.1 Å². The first-order chi connectivity index (χ1) is 12.1. The Labute approximate surface area is 148 Å². The van der Waals surface area contributed by atoms with Gasteiger partial charge in [0.05, 0.1) is 18.3 Å². The first-order valence-electron chi connectivity index (χ1n) is 7.89. The topological polar surface area (TPSA) is 55.3 Å². The summed E-state index contributed by atoms with van der Waals surface area (Å²) in [4.78, 5) is 22.7. The van der Waals surface area contributed by atoms with Crippen molar-refractivity contribution in [1.29, 1.82) is 0 Å². The monoisotopic (exact) mass is 365 g/mol. The molecule has 2 aromatic rings. The van der Waals surface area contributed by atoms with Crippen molar-refractivity contribution in [2.45, 2.75) is 29.6 Å². The Balaban J connectivity index is 1.70. The van der Waals surface area contributed by atoms with Crippen LogP contribution in [-0.4, -0.2) is 45.7 Å². The minimum absolute atomic E-state index is 0.190. The van der Waals surface area contributed by atoms with Crippen LogP contribution in [0.2, 0.25) is 0 Å². The van der Waals surface area contributed by atoms with E-state index >= 15 is 0 Å². The van der Waals surface area contributed by atoms with Crippen LogP contribution < -0.4 is 4.74 Å². The molecule has 1 fully saturated rings. The average molecular weight is 365 g/mol. The maximum absolute atomic E-state index is 12.8. The van der Waals surface area contributed by atoms with Gasteiger partial charge in [-0.2, -0.15) is 8.78 Å². The Bertz CT molecular complexity index is 718. The van der Waals surface area contributed by atoms with Gasteiger partial charge in [-0.05, 0) is 25.0 Å². The minimum Gasteiger partial charge on any atom is -0.471 e. The quantitative estimate of drug-likeness (QED) is 0.760. The molecule has 1 aromatic heterocycles. The highest BCUT2D eigenvalue weighted by Gasteiger charge is 2.27. The minimum atomic E-state index is -2.57. The number of benzene rings is 1. The lowest BCUT2D eigenvalue weighted by Crippen LogP contribution is -2.44. The summed E-state index contributed by atoms with van der Waals surface area (Å²) in [6, 6.07) is 6.46. The molecule has 0 bridgehead atoms. The molecule has 0 aliphatic carbocycles. The van der Waals surface area contributed by atoms with E-state index in [9.17, 15) is 13.6 Å². The van der Waals surface area contributed by atoms with Crippen LogP contribution in [0.25, 0.3) is 0 Å². The van der Waals surface area contributed by atoms with Gasteiger partial charge in [-0.25, -0.2) is 4.98 Å². The normalized spacial score (nSPS) is 17.6. The molecule has 1 atom stereocenters. The molecule has 0 N–H and O–H groups in total. The number of nitrogens with zero attached hydrogens (tertiary/aromatic N) is 3. The zero-order chi connectivity index (χ0) is 17.6. The van der Waals surface area contributed by atoms with Crippen LogP contribution >= 0.6 is 11.8 Å². The fourth-order valence-electron chi connectivity index (χ4n) is 2.75. The number of hydrogen-bond donors (Lipinski definition) is 0. The maximum atomic E-state index is 12.8. The molecule has 0 saturated carbocycles. The Morgan fingerprint density at radius 2 is 2.16 bits per heavy atom. The summed E-state index contributed by atoms with van der Waals surface area (Å²) in [7, 11) is 0. The molecule has 0 radical (unpaired) electrons. The second-order valence-corrected chi connectivity index (χ2v) is 6.58. The van der Waals surface area contributed by atoms with E-state index in [1.54, 1.807) is 41.6 Å². The van der Waals surface area contributed by atoms with Crippen LogP contribution in [-0.2, 0) is 0 Å². The Morgan fingerprint density at radius 1 is 1.32 bits per heavy atom. The van der Waals surface area contributed by atoms with Crippen LogP contribution in [0.5, 0.6) is 5.88 Å². The average Bonchev–Trinajstić information content (AvgIpc) is 2.62. The maximum Gasteiger partial charge on any atom is 0.288 e. The highest BCUT2D eigenvalue weighted by atomic mass is 32.2. The first kappa shape index (κ1) is 17.6. The van der Waals surface area contributed by atoms with Crippen molar-refractivity contribution < 1.29 is 18.3 Å². The molecule has 3 rings (SSSR count). The molecule has 1 aliphatic heterocycles. The fraction of sp³-hybridized carbons (Fsp3) is 0.353. The van der Waals surface area contributed by atoms with E-state index < -0.39 is 5.76 Å². The summed E-state index contributed by atoms with van der Waals surface area (Å²) < 4.78 is 31.2. The molecule has 2 heterocycles. The smallest absolute Gasteiger partial charge is 0.288 e. The molecular weight excluding hydrogens is 348 g/mol. The van der Waals surface area contributed by atoms with Crippen LogP contribution in [0.3, 0.4) is 0 Å². The predicted octanol–water partition coefficient (Wildman–Crippen LogP) is 3.47. The summed E-state index contributed by atoms with van der Waals surface area (Å²) in [5.41, 5.74) is 0.299. The van der Waals surface area contributed by atoms with Gasteiger partial charge < -0.3 is 9.64 Å². The standard InChI is InChI=1S/C17H17F2N3O2S/c18-17(19)25-14-6-2-1-5-13(14)16(23)22-9-3-4-12(11-22)24-15-10-20-7-8-21-15/h1-2,5-8,10,12,17H,3-4,9,11H2. The van der Waals surface area contributed by atoms with Gasteiger partial charge in [-0.1, -0.05) is 23.9 Å². The van der Waals surface area contributed by atoms with Crippen LogP contribution in [0.1, 0.15) is 23.2 Å². The van der Waals surface area contributed by atoms with Crippen molar-refractivity contribution in [1.82, 2.24) is 14.9 Å². The summed E-state index contributed by atoms with van der Waals surface area (Å²) >= 11 is 0.390. The van der Waals surface area contributed by atoms with Gasteiger partial charge in [0.15, 0.2) is 0 Å². The number of hydrogen-bond acceptors (Lipinski definition) is 5. The number of ether oxygens (including phenoxy) is 1. The third-order valence-corrected chi connectivity index (χ3v) is 4.61. The third kappa shape index (κ3) is 4.66. The lowest BCUT2D eigenvalue weighted by atomic mass is 10.1. The van der Waals surface area contributed by atoms with Crippen molar-refractivity contribution in [3.63, 3.8) is 0 Å². The molecule has 5 nitrogen and oxygen atoms in total. The van der Waals surface area contributed by atoms with Crippen LogP contribution in [0.15, 0.2) is 47.8 Å². The summed E-state index contributed by atoms with van der Waals surface area (Å²) in [6.45, 7) is 0.968. The molecule has 25 heavy (non-hydrogen) atoms. The highest BCUT2D eigenvalue weighted by molar-refractivity contribution is 7.99. The van der Waals surface area contributed by atoms with Crippen molar-refractivity contribution in [3.05, 3.63) is 48.4 Å². The van der Waals surface area contributed by atoms with Crippen LogP contribution in [0.4, 0.5) is 8.78 Å². The number of carbonyl (C=O) groups excluding carboxylic acids is 1. The SMILES string of the molecule is O=C(c1ccccc1SC(F)F)N1CCCC(Oc2cnccn2)C1. The van der Waals surface area contributed by atoms with Gasteiger partial charge in [0.1, 0.15) is 6.10 Å². The van der Waals surface area contributed by atoms with Gasteiger partial charge in [0.2, 0.25) is 5.88 Å². The lowest BCUT2D eigenvalue weighted by molar-refractivity contribution is 0.0524. The largest absolute Gasteiger partial charge is 0.471 e. The molecule has 8 heteroatoms. The second-order valence-electron chi connectivity index (χ2n) is 5.55. The van der Waals surface area contributed by atoms with E-state index in [2.05, 4.69) is 9.97 Å². The van der Waals surface area contributed by atoms with E-state index in [-0.39, 0.29) is 12.0 Å². The molecular formula is C17H17F2N3O2S. The molecule has 1 saturated heterocycles. The van der Waals surface area contributed by atoms with E-state index in [1.165, 1.54) is 6.20 Å². The number of likely N-dealkylation sites (tertiary alicyclic amines) is 1. The highest BCUT2D eigenvalue weighted by Crippen LogP contribution is 2.29. The number of piperidine rings is 1. The number of amides is 1. The van der Waals surface area contributed by atoms with E-state index in [0.717, 1.165) is 12.8 Å². The third-order valence-electron chi connectivity index (χ3n) is 3.83. The number of thioether (sulfide) groups is 1. The van der Waals surface area contributed by atoms with E-state index in [1.807, 2.05) is 0 Å². The molecule has 1 aromatic carbocycles. The van der Waals surface area contributed by atoms with Gasteiger partial charge >= 0.3 is 0 Å². The number of alkyl halides is 2. The fourth-order valence-corrected chi connectivity index (χ4v) is 3.38. The number of halogens is 2. The van der Waals surface area contributed by atoms with E-state index in [0.29, 0.717) is 41.2 Å². The lowest BCUT2D eigenvalue weighted by Gasteiger charge is -2.33. The zero-order valence-corrected chi connectivity index (χ0v) is 14.2. The van der Waals surface area contributed by atoms with Gasteiger partial charge in [0.25, 0.3) is 11.7 Å².